The molecule has 0 N–H and O–H groups in total. The van der Waals surface area contributed by atoms with Crippen LogP contribution in [0.15, 0.2) is 70.8 Å². The number of carbonyl (C=O) groups excluding carboxylic acids is 1. The van der Waals surface area contributed by atoms with Gasteiger partial charge in [0.1, 0.15) is 7.85 Å². The molecule has 0 aliphatic heterocycles. The van der Waals surface area contributed by atoms with Gasteiger partial charge in [0.15, 0.2) is 5.78 Å². The number of nitro groups is 1. The van der Waals surface area contributed by atoms with Crippen LogP contribution < -0.4 is 0 Å². The van der Waals surface area contributed by atoms with E-state index in [0.717, 1.165) is 5.57 Å². The average Bonchev–Trinajstić information content (AvgIpc) is 2.56. The molecule has 1 aliphatic carbocycles. The number of hydrogen-bond acceptors (Lipinski definition) is 3. The molecule has 2 radical (unpaired) electrons. The van der Waals surface area contributed by atoms with E-state index in [-0.39, 0.29) is 17.1 Å². The van der Waals surface area contributed by atoms with Gasteiger partial charge in [0.05, 0.1) is 0 Å². The third kappa shape index (κ3) is 5.70. The van der Waals surface area contributed by atoms with E-state index in [1.807, 2.05) is 26.0 Å². The largest absolute Gasteiger partial charge is 0.289 e. The van der Waals surface area contributed by atoms with Crippen LogP contribution in [0.25, 0.3) is 0 Å². The lowest BCUT2D eigenvalue weighted by molar-refractivity contribution is -0.508. The van der Waals surface area contributed by atoms with Crippen LogP contribution in [0.2, 0.25) is 0 Å². The number of rotatable bonds is 6. The first-order chi connectivity index (χ1) is 10.9. The molecule has 0 spiro atoms. The maximum absolute atomic E-state index is 12.3. The van der Waals surface area contributed by atoms with Crippen molar-refractivity contribution in [3.8, 4) is 0 Å². The molecule has 0 aromatic carbocycles. The summed E-state index contributed by atoms with van der Waals surface area (Å²) in [6.07, 6.45) is 13.9. The van der Waals surface area contributed by atoms with Gasteiger partial charge in [0.25, 0.3) is 0 Å². The van der Waals surface area contributed by atoms with Gasteiger partial charge in [-0.05, 0) is 38.5 Å². The molecule has 0 saturated heterocycles. The molecule has 0 aromatic heterocycles. The topological polar surface area (TPSA) is 60.2 Å². The van der Waals surface area contributed by atoms with E-state index in [0.29, 0.717) is 16.6 Å². The van der Waals surface area contributed by atoms with E-state index in [1.165, 1.54) is 12.2 Å². The second kappa shape index (κ2) is 8.88. The Morgan fingerprint density at radius 1 is 1.30 bits per heavy atom. The van der Waals surface area contributed by atoms with Crippen LogP contribution in [-0.2, 0) is 4.79 Å². The highest BCUT2D eigenvalue weighted by molar-refractivity contribution is 6.24. The van der Waals surface area contributed by atoms with Crippen LogP contribution in [0, 0.1) is 10.1 Å². The van der Waals surface area contributed by atoms with E-state index in [9.17, 15) is 14.9 Å². The number of Topliss-reactive ketones (excluding diaryl/α,β-unsaturated/α-hetero) is 1. The smallest absolute Gasteiger partial charge is 0.235 e. The summed E-state index contributed by atoms with van der Waals surface area (Å²) >= 11 is 0. The summed E-state index contributed by atoms with van der Waals surface area (Å²) in [5.41, 5.74) is 2.53. The van der Waals surface area contributed by atoms with E-state index >= 15 is 0 Å². The highest BCUT2D eigenvalue weighted by Gasteiger charge is 2.20. The minimum Gasteiger partial charge on any atom is -0.289 e. The van der Waals surface area contributed by atoms with Gasteiger partial charge in [-0.25, -0.2) is 0 Å². The number of allylic oxidation sites excluding steroid dienone is 10. The predicted octanol–water partition coefficient (Wildman–Crippen LogP) is 3.61. The molecule has 1 unspecified atom stereocenters. The Labute approximate surface area is 138 Å². The summed E-state index contributed by atoms with van der Waals surface area (Å²) in [5.74, 6) is -0.136. The summed E-state index contributed by atoms with van der Waals surface area (Å²) in [6.45, 7) is 5.48. The number of nitrogens with zero attached hydrogens (tertiary/aromatic N) is 1. The first-order valence-corrected chi connectivity index (χ1v) is 7.37. The molecule has 1 atom stereocenters. The van der Waals surface area contributed by atoms with Crippen molar-refractivity contribution in [2.24, 2.45) is 0 Å². The maximum atomic E-state index is 12.3. The zero-order valence-electron chi connectivity index (χ0n) is 13.7. The van der Waals surface area contributed by atoms with Crippen molar-refractivity contribution in [3.05, 3.63) is 80.9 Å². The molecule has 5 heteroatoms. The highest BCUT2D eigenvalue weighted by atomic mass is 16.6. The van der Waals surface area contributed by atoms with Gasteiger partial charge in [-0.2, -0.15) is 0 Å². The predicted molar refractivity (Wildman–Crippen MR) is 93.8 cm³/mol. The Hall–Kier alpha value is -2.43. The Kier molecular flexibility index (Phi) is 7.19. The quantitative estimate of drug-likeness (QED) is 0.247. The van der Waals surface area contributed by atoms with Crippen LogP contribution >= 0.6 is 0 Å². The minimum atomic E-state index is -0.741. The van der Waals surface area contributed by atoms with Gasteiger partial charge in [-0.15, -0.1) is 0 Å². The third-order valence-corrected chi connectivity index (χ3v) is 3.48. The third-order valence-electron chi connectivity index (χ3n) is 3.48. The SMILES string of the molecule is [B]C(=C/C=C\C)/C(C)=C/C=C(\C)C(=O)C1=CCC([N+](=O)[O-])C=C1. The van der Waals surface area contributed by atoms with Crippen molar-refractivity contribution >= 4 is 13.6 Å². The van der Waals surface area contributed by atoms with Crippen molar-refractivity contribution in [2.75, 3.05) is 0 Å². The van der Waals surface area contributed by atoms with Gasteiger partial charge < -0.3 is 0 Å². The molecular formula is C18H20BNO3. The molecule has 0 fully saturated rings. The molecule has 0 heterocycles. The van der Waals surface area contributed by atoms with Crippen molar-refractivity contribution in [1.82, 2.24) is 0 Å². The molecule has 118 valence electrons. The van der Waals surface area contributed by atoms with E-state index in [2.05, 4.69) is 0 Å². The lowest BCUT2D eigenvalue weighted by Gasteiger charge is -2.09. The standard InChI is InChI=1S/C18H20BNO3/c1-4-5-6-17(19)13(2)7-8-14(3)18(21)15-9-11-16(12-10-15)20(22)23/h4-11,16H,12H2,1-3H3/b5-4-,13-7+,14-8+,17-6+. The number of hydrogen-bond donors (Lipinski definition) is 0. The highest BCUT2D eigenvalue weighted by Crippen LogP contribution is 2.17. The van der Waals surface area contributed by atoms with E-state index in [1.54, 1.807) is 31.2 Å². The van der Waals surface area contributed by atoms with Gasteiger partial charge in [-0.3, -0.25) is 14.9 Å². The molecule has 0 saturated carbocycles. The van der Waals surface area contributed by atoms with Crippen molar-refractivity contribution < 1.29 is 9.72 Å². The summed E-state index contributed by atoms with van der Waals surface area (Å²) in [6, 6.07) is -0.741. The normalized spacial score (nSPS) is 19.9. The Bertz CT molecular complexity index is 664. The first kappa shape index (κ1) is 18.6. The van der Waals surface area contributed by atoms with E-state index < -0.39 is 6.04 Å². The fourth-order valence-corrected chi connectivity index (χ4v) is 1.91. The fraction of sp³-hybridized carbons (Fsp3) is 0.278. The van der Waals surface area contributed by atoms with Crippen LogP contribution in [-0.4, -0.2) is 24.6 Å². The summed E-state index contributed by atoms with van der Waals surface area (Å²) in [5, 5.41) is 10.7. The molecule has 1 aliphatic rings. The minimum absolute atomic E-state index is 0.136. The van der Waals surface area contributed by atoms with Gasteiger partial charge >= 0.3 is 0 Å². The van der Waals surface area contributed by atoms with Gasteiger partial charge in [0, 0.05) is 16.9 Å². The van der Waals surface area contributed by atoms with Gasteiger partial charge in [0.2, 0.25) is 6.04 Å². The molecule has 0 bridgehead atoms. The lowest BCUT2D eigenvalue weighted by Crippen LogP contribution is -2.19. The number of ketones is 1. The fourth-order valence-electron chi connectivity index (χ4n) is 1.91. The second-order valence-electron chi connectivity index (χ2n) is 5.28. The zero-order valence-corrected chi connectivity index (χ0v) is 13.7. The van der Waals surface area contributed by atoms with E-state index in [4.69, 9.17) is 7.85 Å². The van der Waals surface area contributed by atoms with Crippen molar-refractivity contribution in [3.63, 3.8) is 0 Å². The molecule has 4 nitrogen and oxygen atoms in total. The lowest BCUT2D eigenvalue weighted by atomic mass is 9.88. The van der Waals surface area contributed by atoms with Crippen LogP contribution in [0.1, 0.15) is 27.2 Å². The van der Waals surface area contributed by atoms with Crippen molar-refractivity contribution in [2.45, 2.75) is 33.2 Å². The van der Waals surface area contributed by atoms with Crippen molar-refractivity contribution in [1.29, 1.82) is 0 Å². The van der Waals surface area contributed by atoms with Crippen LogP contribution in [0.5, 0.6) is 0 Å². The summed E-state index contributed by atoms with van der Waals surface area (Å²) < 4.78 is 0. The molecule has 23 heavy (non-hydrogen) atoms. The Balaban J connectivity index is 2.81. The molecule has 0 amide bonds. The summed E-state index contributed by atoms with van der Waals surface area (Å²) in [4.78, 5) is 22.6. The van der Waals surface area contributed by atoms with Gasteiger partial charge in [-0.1, -0.05) is 47.5 Å². The van der Waals surface area contributed by atoms with Crippen LogP contribution in [0.4, 0.5) is 0 Å². The molecule has 1 rings (SSSR count). The zero-order chi connectivity index (χ0) is 17.4. The maximum Gasteiger partial charge on any atom is 0.235 e. The average molecular weight is 309 g/mol. The van der Waals surface area contributed by atoms with Crippen LogP contribution in [0.3, 0.4) is 0 Å². The second-order valence-corrected chi connectivity index (χ2v) is 5.28. The molecule has 0 aromatic rings. The summed E-state index contributed by atoms with van der Waals surface area (Å²) in [7, 11) is 5.89. The Morgan fingerprint density at radius 3 is 2.48 bits per heavy atom. The monoisotopic (exact) mass is 309 g/mol. The Morgan fingerprint density at radius 2 is 1.96 bits per heavy atom. The molecular weight excluding hydrogens is 289 g/mol. The first-order valence-electron chi connectivity index (χ1n) is 7.37. The number of carbonyl (C=O) groups is 1.